The van der Waals surface area contributed by atoms with E-state index in [0.29, 0.717) is 0 Å². The summed E-state index contributed by atoms with van der Waals surface area (Å²) in [4.78, 5) is 14.2. The van der Waals surface area contributed by atoms with Crippen molar-refractivity contribution in [2.75, 3.05) is 0 Å². The Bertz CT molecular complexity index is 817. The molecule has 114 valence electrons. The number of H-pyrrole nitrogens is 1. The molecule has 0 spiro atoms. The van der Waals surface area contributed by atoms with Crippen LogP contribution in [0.25, 0.3) is 10.2 Å². The first kappa shape index (κ1) is 15.0. The molecule has 0 aliphatic rings. The van der Waals surface area contributed by atoms with Gasteiger partial charge in [-0.3, -0.25) is 4.79 Å². The van der Waals surface area contributed by atoms with Crippen molar-refractivity contribution >= 4 is 21.6 Å². The van der Waals surface area contributed by atoms with E-state index in [1.165, 1.54) is 28.0 Å². The lowest BCUT2D eigenvalue weighted by atomic mass is 9.99. The number of hydrogen-bond acceptors (Lipinski definition) is 3. The number of rotatable bonds is 5. The Balaban J connectivity index is 1.60. The van der Waals surface area contributed by atoms with Crippen molar-refractivity contribution in [2.45, 2.75) is 32.2 Å². The number of nitrogens with two attached hydrogens (primary N) is 1. The summed E-state index contributed by atoms with van der Waals surface area (Å²) in [6.07, 6.45) is 2.79. The summed E-state index contributed by atoms with van der Waals surface area (Å²) in [5.74, 6) is 0. The molecule has 2 aromatic carbocycles. The fourth-order valence-electron chi connectivity index (χ4n) is 2.63. The van der Waals surface area contributed by atoms with E-state index in [1.54, 1.807) is 0 Å². The highest BCUT2D eigenvalue weighted by Crippen LogP contribution is 2.18. The molecule has 0 bridgehead atoms. The molecule has 1 unspecified atom stereocenters. The zero-order valence-corrected chi connectivity index (χ0v) is 13.5. The van der Waals surface area contributed by atoms with Crippen LogP contribution in [0.3, 0.4) is 0 Å². The Kier molecular flexibility index (Phi) is 4.41. The number of benzene rings is 2. The Morgan fingerprint density at radius 2 is 1.86 bits per heavy atom. The topological polar surface area (TPSA) is 58.9 Å². The van der Waals surface area contributed by atoms with E-state index in [0.717, 1.165) is 29.5 Å². The molecule has 0 radical (unpaired) electrons. The molecular formula is C18H20N2OS. The SMILES string of the molecule is Cc1ccc(CC(N)CCc2ccc3[nH]c(=O)sc3c2)cc1. The van der Waals surface area contributed by atoms with E-state index in [2.05, 4.69) is 48.3 Å². The molecule has 1 aromatic heterocycles. The van der Waals surface area contributed by atoms with Crippen LogP contribution in [-0.4, -0.2) is 11.0 Å². The van der Waals surface area contributed by atoms with Crippen LogP contribution in [0, 0.1) is 6.92 Å². The van der Waals surface area contributed by atoms with Crippen LogP contribution in [0.1, 0.15) is 23.1 Å². The number of thiazole rings is 1. The average Bonchev–Trinajstić information content (AvgIpc) is 2.87. The molecule has 0 saturated carbocycles. The maximum atomic E-state index is 11.3. The molecule has 3 nitrogen and oxygen atoms in total. The maximum Gasteiger partial charge on any atom is 0.305 e. The molecule has 0 aliphatic carbocycles. The largest absolute Gasteiger partial charge is 0.327 e. The summed E-state index contributed by atoms with van der Waals surface area (Å²) < 4.78 is 1.02. The van der Waals surface area contributed by atoms with Crippen molar-refractivity contribution in [1.82, 2.24) is 4.98 Å². The van der Waals surface area contributed by atoms with Gasteiger partial charge in [-0.2, -0.15) is 0 Å². The third-order valence-corrected chi connectivity index (χ3v) is 4.75. The Hall–Kier alpha value is -1.91. The van der Waals surface area contributed by atoms with Crippen LogP contribution in [0.15, 0.2) is 47.3 Å². The highest BCUT2D eigenvalue weighted by atomic mass is 32.1. The molecule has 22 heavy (non-hydrogen) atoms. The van der Waals surface area contributed by atoms with Gasteiger partial charge < -0.3 is 10.7 Å². The Labute approximate surface area is 133 Å². The zero-order valence-electron chi connectivity index (χ0n) is 12.6. The molecule has 0 amide bonds. The van der Waals surface area contributed by atoms with Crippen molar-refractivity contribution in [3.63, 3.8) is 0 Å². The lowest BCUT2D eigenvalue weighted by Gasteiger charge is -2.12. The molecule has 4 heteroatoms. The first-order chi connectivity index (χ1) is 10.6. The third-order valence-electron chi connectivity index (χ3n) is 3.91. The van der Waals surface area contributed by atoms with E-state index < -0.39 is 0 Å². The Morgan fingerprint density at radius 3 is 2.64 bits per heavy atom. The number of aryl methyl sites for hydroxylation is 2. The number of hydrogen-bond donors (Lipinski definition) is 2. The summed E-state index contributed by atoms with van der Waals surface area (Å²) in [5.41, 5.74) is 11.0. The van der Waals surface area contributed by atoms with Gasteiger partial charge in [0.25, 0.3) is 0 Å². The monoisotopic (exact) mass is 312 g/mol. The van der Waals surface area contributed by atoms with Crippen LogP contribution in [0.2, 0.25) is 0 Å². The normalized spacial score (nSPS) is 12.6. The van der Waals surface area contributed by atoms with Crippen molar-refractivity contribution in [3.8, 4) is 0 Å². The summed E-state index contributed by atoms with van der Waals surface area (Å²) in [6, 6.07) is 14.9. The second-order valence-electron chi connectivity index (χ2n) is 5.83. The number of nitrogens with one attached hydrogen (secondary N) is 1. The van der Waals surface area contributed by atoms with Gasteiger partial charge in [-0.15, -0.1) is 0 Å². The van der Waals surface area contributed by atoms with E-state index in [-0.39, 0.29) is 10.9 Å². The second-order valence-corrected chi connectivity index (χ2v) is 6.85. The van der Waals surface area contributed by atoms with Gasteiger partial charge in [0.1, 0.15) is 0 Å². The van der Waals surface area contributed by atoms with Gasteiger partial charge >= 0.3 is 4.87 Å². The van der Waals surface area contributed by atoms with Gasteiger partial charge in [-0.1, -0.05) is 47.2 Å². The summed E-state index contributed by atoms with van der Waals surface area (Å²) in [5, 5.41) is 0. The third kappa shape index (κ3) is 3.64. The van der Waals surface area contributed by atoms with Crippen LogP contribution in [-0.2, 0) is 12.8 Å². The fraction of sp³-hybridized carbons (Fsp3) is 0.278. The van der Waals surface area contributed by atoms with Gasteiger partial charge in [0.15, 0.2) is 0 Å². The molecule has 3 aromatic rings. The predicted molar refractivity (Wildman–Crippen MR) is 93.6 cm³/mol. The number of aromatic amines is 1. The summed E-state index contributed by atoms with van der Waals surface area (Å²) in [7, 11) is 0. The van der Waals surface area contributed by atoms with Crippen LogP contribution < -0.4 is 10.6 Å². The highest BCUT2D eigenvalue weighted by Gasteiger charge is 2.06. The minimum absolute atomic E-state index is 0.00298. The predicted octanol–water partition coefficient (Wildman–Crippen LogP) is 3.40. The van der Waals surface area contributed by atoms with Crippen LogP contribution in [0.4, 0.5) is 0 Å². The van der Waals surface area contributed by atoms with Crippen molar-refractivity contribution in [3.05, 3.63) is 68.8 Å². The van der Waals surface area contributed by atoms with Crippen molar-refractivity contribution in [1.29, 1.82) is 0 Å². The molecule has 0 saturated heterocycles. The van der Waals surface area contributed by atoms with Crippen LogP contribution >= 0.6 is 11.3 Å². The van der Waals surface area contributed by atoms with E-state index >= 15 is 0 Å². The minimum Gasteiger partial charge on any atom is -0.327 e. The van der Waals surface area contributed by atoms with Gasteiger partial charge in [-0.05, 0) is 49.4 Å². The van der Waals surface area contributed by atoms with Crippen molar-refractivity contribution < 1.29 is 0 Å². The molecule has 3 N–H and O–H groups in total. The first-order valence-electron chi connectivity index (χ1n) is 7.53. The number of aromatic nitrogens is 1. The summed E-state index contributed by atoms with van der Waals surface area (Å²) >= 11 is 1.26. The van der Waals surface area contributed by atoms with Gasteiger partial charge in [0.2, 0.25) is 0 Å². The van der Waals surface area contributed by atoms with Gasteiger partial charge in [0, 0.05) is 6.04 Å². The lowest BCUT2D eigenvalue weighted by Crippen LogP contribution is -2.23. The Morgan fingerprint density at radius 1 is 1.14 bits per heavy atom. The molecular weight excluding hydrogens is 292 g/mol. The minimum atomic E-state index is 0.00298. The average molecular weight is 312 g/mol. The molecule has 1 heterocycles. The second kappa shape index (κ2) is 6.46. The van der Waals surface area contributed by atoms with Gasteiger partial charge in [-0.25, -0.2) is 0 Å². The van der Waals surface area contributed by atoms with Gasteiger partial charge in [0.05, 0.1) is 10.2 Å². The quantitative estimate of drug-likeness (QED) is 0.758. The van der Waals surface area contributed by atoms with Crippen molar-refractivity contribution in [2.24, 2.45) is 5.73 Å². The zero-order chi connectivity index (χ0) is 15.5. The smallest absolute Gasteiger partial charge is 0.305 e. The molecule has 1 atom stereocenters. The molecule has 3 rings (SSSR count). The standard InChI is InChI=1S/C18H20N2OS/c1-12-2-4-13(5-3-12)10-15(19)8-6-14-7-9-16-17(11-14)22-18(21)20-16/h2-5,7,9,11,15H,6,8,10,19H2,1H3,(H,20,21). The maximum absolute atomic E-state index is 11.3. The molecule has 0 fully saturated rings. The summed E-state index contributed by atoms with van der Waals surface area (Å²) in [6.45, 7) is 2.09. The van der Waals surface area contributed by atoms with E-state index in [1.807, 2.05) is 6.07 Å². The highest BCUT2D eigenvalue weighted by molar-refractivity contribution is 7.16. The molecule has 0 aliphatic heterocycles. The first-order valence-corrected chi connectivity index (χ1v) is 8.35. The number of fused-ring (bicyclic) bond motifs is 1. The van der Waals surface area contributed by atoms with E-state index in [9.17, 15) is 4.79 Å². The fourth-order valence-corrected chi connectivity index (χ4v) is 3.43. The van der Waals surface area contributed by atoms with E-state index in [4.69, 9.17) is 5.73 Å². The lowest BCUT2D eigenvalue weighted by molar-refractivity contribution is 0.610. The van der Waals surface area contributed by atoms with Crippen LogP contribution in [0.5, 0.6) is 0 Å².